The molecule has 0 bridgehead atoms. The van der Waals surface area contributed by atoms with E-state index in [2.05, 4.69) is 34.3 Å². The van der Waals surface area contributed by atoms with Crippen molar-refractivity contribution in [2.24, 2.45) is 0 Å². The smallest absolute Gasteiger partial charge is 0.308 e. The van der Waals surface area contributed by atoms with Crippen molar-refractivity contribution in [2.75, 3.05) is 26.2 Å². The maximum Gasteiger partial charge on any atom is 0.308 e. The summed E-state index contributed by atoms with van der Waals surface area (Å²) in [6, 6.07) is 5.95. The Hall–Kier alpha value is -2.67. The van der Waals surface area contributed by atoms with Crippen LogP contribution in [0.3, 0.4) is 0 Å². The van der Waals surface area contributed by atoms with E-state index in [9.17, 15) is 4.79 Å². The monoisotopic (exact) mass is 356 g/mol. The van der Waals surface area contributed by atoms with Crippen molar-refractivity contribution < 1.29 is 13.6 Å². The van der Waals surface area contributed by atoms with Crippen molar-refractivity contribution in [3.05, 3.63) is 35.2 Å². The van der Waals surface area contributed by atoms with E-state index in [4.69, 9.17) is 8.83 Å². The van der Waals surface area contributed by atoms with Crippen LogP contribution in [0.5, 0.6) is 0 Å². The van der Waals surface area contributed by atoms with Crippen molar-refractivity contribution in [1.29, 1.82) is 0 Å². The second kappa shape index (κ2) is 7.70. The van der Waals surface area contributed by atoms with Gasteiger partial charge in [-0.3, -0.25) is 4.79 Å². The second-order valence-corrected chi connectivity index (χ2v) is 6.20. The molecule has 0 fully saturated rings. The molecule has 0 aliphatic heterocycles. The molecule has 0 spiro atoms. The van der Waals surface area contributed by atoms with Crippen LogP contribution in [0.2, 0.25) is 0 Å². The number of rotatable bonds is 7. The number of fused-ring (bicyclic) bond motifs is 1. The average molecular weight is 356 g/mol. The topological polar surface area (TPSA) is 84.4 Å². The van der Waals surface area contributed by atoms with Gasteiger partial charge in [-0.15, -0.1) is 10.2 Å². The molecule has 0 aliphatic rings. The van der Waals surface area contributed by atoms with Gasteiger partial charge < -0.3 is 19.1 Å². The van der Waals surface area contributed by atoms with Crippen LogP contribution in [0.4, 0.5) is 0 Å². The highest BCUT2D eigenvalue weighted by Gasteiger charge is 2.21. The summed E-state index contributed by atoms with van der Waals surface area (Å²) in [5.74, 6) is 0.285. The molecule has 3 aromatic rings. The van der Waals surface area contributed by atoms with Gasteiger partial charge in [0.2, 0.25) is 0 Å². The number of furan rings is 1. The molecule has 3 rings (SSSR count). The molecule has 7 nitrogen and oxygen atoms in total. The summed E-state index contributed by atoms with van der Waals surface area (Å²) in [6.07, 6.45) is 0. The van der Waals surface area contributed by atoms with E-state index in [1.807, 2.05) is 32.0 Å². The van der Waals surface area contributed by atoms with Gasteiger partial charge in [0.05, 0.1) is 0 Å². The quantitative estimate of drug-likeness (QED) is 0.700. The van der Waals surface area contributed by atoms with Crippen molar-refractivity contribution >= 4 is 16.9 Å². The van der Waals surface area contributed by atoms with Crippen LogP contribution in [0.15, 0.2) is 27.0 Å². The number of carbonyl (C=O) groups is 1. The highest BCUT2D eigenvalue weighted by molar-refractivity contribution is 5.90. The Kier molecular flexibility index (Phi) is 5.37. The van der Waals surface area contributed by atoms with Gasteiger partial charge in [-0.2, -0.15) is 0 Å². The Morgan fingerprint density at radius 2 is 1.92 bits per heavy atom. The van der Waals surface area contributed by atoms with Gasteiger partial charge in [0, 0.05) is 24.0 Å². The van der Waals surface area contributed by atoms with Gasteiger partial charge in [-0.25, -0.2) is 0 Å². The Balaban J connectivity index is 1.75. The van der Waals surface area contributed by atoms with Gasteiger partial charge in [0.1, 0.15) is 5.58 Å². The zero-order valence-corrected chi connectivity index (χ0v) is 15.6. The molecule has 1 N–H and O–H groups in total. The molecule has 1 amide bonds. The third-order valence-electron chi connectivity index (χ3n) is 4.58. The highest BCUT2D eigenvalue weighted by Crippen LogP contribution is 2.33. The molecule has 0 aliphatic carbocycles. The number of aryl methyl sites for hydroxylation is 2. The summed E-state index contributed by atoms with van der Waals surface area (Å²) < 4.78 is 11.5. The first-order chi connectivity index (χ1) is 12.5. The zero-order chi connectivity index (χ0) is 18.7. The van der Waals surface area contributed by atoms with Crippen molar-refractivity contribution in [1.82, 2.24) is 20.4 Å². The lowest BCUT2D eigenvalue weighted by Gasteiger charge is -2.17. The fourth-order valence-corrected chi connectivity index (χ4v) is 2.94. The summed E-state index contributed by atoms with van der Waals surface area (Å²) in [4.78, 5) is 14.4. The molecule has 0 saturated heterocycles. The first-order valence-electron chi connectivity index (χ1n) is 8.88. The predicted octanol–water partition coefficient (Wildman–Crippen LogP) is 3.17. The minimum atomic E-state index is -0.374. The predicted molar refractivity (Wildman–Crippen MR) is 99.1 cm³/mol. The summed E-state index contributed by atoms with van der Waals surface area (Å²) in [5.41, 5.74) is 2.75. The molecule has 138 valence electrons. The number of benzene rings is 1. The minimum absolute atomic E-state index is 0.0591. The Bertz CT molecular complexity index is 909. The lowest BCUT2D eigenvalue weighted by Crippen LogP contribution is -2.34. The Morgan fingerprint density at radius 1 is 1.15 bits per heavy atom. The summed E-state index contributed by atoms with van der Waals surface area (Å²) in [5, 5.41) is 11.7. The van der Waals surface area contributed by atoms with E-state index < -0.39 is 0 Å². The zero-order valence-electron chi connectivity index (χ0n) is 15.6. The molecule has 2 heterocycles. The molecule has 2 aromatic heterocycles. The molecule has 26 heavy (non-hydrogen) atoms. The van der Waals surface area contributed by atoms with E-state index in [0.717, 1.165) is 41.7 Å². The fourth-order valence-electron chi connectivity index (χ4n) is 2.94. The third-order valence-corrected chi connectivity index (χ3v) is 4.58. The molecular formula is C19H24N4O3. The maximum absolute atomic E-state index is 12.2. The van der Waals surface area contributed by atoms with Crippen molar-refractivity contribution in [3.8, 4) is 11.7 Å². The number of hydrogen-bond donors (Lipinski definition) is 1. The van der Waals surface area contributed by atoms with Crippen LogP contribution in [0, 0.1) is 13.8 Å². The molecule has 0 atom stereocenters. The minimum Gasteiger partial charge on any atom is -0.450 e. The molecule has 0 radical (unpaired) electrons. The van der Waals surface area contributed by atoms with Crippen molar-refractivity contribution in [2.45, 2.75) is 27.7 Å². The number of aromatic nitrogens is 2. The SMILES string of the molecule is CCN(CC)CCNC(=O)c1nnc(-c2oc3c(C)cccc3c2C)o1. The number of carbonyl (C=O) groups excluding carboxylic acids is 1. The number of nitrogens with zero attached hydrogens (tertiary/aromatic N) is 3. The van der Waals surface area contributed by atoms with Crippen LogP contribution in [-0.2, 0) is 0 Å². The molecule has 7 heteroatoms. The number of para-hydroxylation sites is 1. The lowest BCUT2D eigenvalue weighted by atomic mass is 10.1. The van der Waals surface area contributed by atoms with Crippen LogP contribution in [0.25, 0.3) is 22.6 Å². The lowest BCUT2D eigenvalue weighted by molar-refractivity contribution is 0.0914. The standard InChI is InChI=1S/C19H24N4O3/c1-5-23(6-2)11-10-20-17(24)19-22-21-18(26-19)16-13(4)14-9-7-8-12(3)15(14)25-16/h7-9H,5-6,10-11H2,1-4H3,(H,20,24). The molecular weight excluding hydrogens is 332 g/mol. The van der Waals surface area contributed by atoms with E-state index in [-0.39, 0.29) is 17.7 Å². The van der Waals surface area contributed by atoms with Crippen LogP contribution >= 0.6 is 0 Å². The van der Waals surface area contributed by atoms with Gasteiger partial charge in [0.25, 0.3) is 5.89 Å². The van der Waals surface area contributed by atoms with Gasteiger partial charge in [-0.1, -0.05) is 32.0 Å². The normalized spacial score (nSPS) is 11.4. The van der Waals surface area contributed by atoms with Gasteiger partial charge in [-0.05, 0) is 32.5 Å². The van der Waals surface area contributed by atoms with E-state index >= 15 is 0 Å². The van der Waals surface area contributed by atoms with E-state index in [1.165, 1.54) is 0 Å². The average Bonchev–Trinajstić information content (AvgIpc) is 3.25. The number of likely N-dealkylation sites (N-methyl/N-ethyl adjacent to an activating group) is 1. The Morgan fingerprint density at radius 3 is 2.62 bits per heavy atom. The summed E-state index contributed by atoms with van der Waals surface area (Å²) >= 11 is 0. The summed E-state index contributed by atoms with van der Waals surface area (Å²) in [6.45, 7) is 11.3. The number of amides is 1. The van der Waals surface area contributed by atoms with Crippen LogP contribution in [0.1, 0.15) is 35.7 Å². The fraction of sp³-hybridized carbons (Fsp3) is 0.421. The highest BCUT2D eigenvalue weighted by atomic mass is 16.4. The van der Waals surface area contributed by atoms with Crippen LogP contribution < -0.4 is 5.32 Å². The molecule has 0 unspecified atom stereocenters. The van der Waals surface area contributed by atoms with E-state index in [0.29, 0.717) is 12.3 Å². The van der Waals surface area contributed by atoms with Crippen LogP contribution in [-0.4, -0.2) is 47.2 Å². The third kappa shape index (κ3) is 3.48. The second-order valence-electron chi connectivity index (χ2n) is 6.20. The first kappa shape index (κ1) is 18.1. The Labute approximate surface area is 152 Å². The van der Waals surface area contributed by atoms with E-state index in [1.54, 1.807) is 0 Å². The van der Waals surface area contributed by atoms with Crippen molar-refractivity contribution in [3.63, 3.8) is 0 Å². The first-order valence-corrected chi connectivity index (χ1v) is 8.88. The molecule has 1 aromatic carbocycles. The van der Waals surface area contributed by atoms with Gasteiger partial charge in [0.15, 0.2) is 5.76 Å². The molecule has 0 saturated carbocycles. The maximum atomic E-state index is 12.2. The number of hydrogen-bond acceptors (Lipinski definition) is 6. The number of nitrogens with one attached hydrogen (secondary N) is 1. The summed E-state index contributed by atoms with van der Waals surface area (Å²) in [7, 11) is 0. The largest absolute Gasteiger partial charge is 0.450 e. The van der Waals surface area contributed by atoms with Gasteiger partial charge >= 0.3 is 11.8 Å².